The van der Waals surface area contributed by atoms with E-state index in [0.717, 1.165) is 9.37 Å². The molecule has 1 atom stereocenters. The Morgan fingerprint density at radius 1 is 1.56 bits per heavy atom. The van der Waals surface area contributed by atoms with Crippen LogP contribution in [0, 0.1) is 0 Å². The van der Waals surface area contributed by atoms with Crippen LogP contribution < -0.4 is 5.32 Å². The van der Waals surface area contributed by atoms with E-state index < -0.39 is 6.04 Å². The van der Waals surface area contributed by atoms with Gasteiger partial charge in [0.2, 0.25) is 5.91 Å². The lowest BCUT2D eigenvalue weighted by atomic mass is 10.0. The van der Waals surface area contributed by atoms with Gasteiger partial charge in [-0.25, -0.2) is 4.98 Å². The van der Waals surface area contributed by atoms with Crippen LogP contribution in [0.15, 0.2) is 16.7 Å². The number of amides is 2. The molecule has 18 heavy (non-hydrogen) atoms. The molecule has 5 nitrogen and oxygen atoms in total. The summed E-state index contributed by atoms with van der Waals surface area (Å²) < 4.78 is 0.764. The Morgan fingerprint density at radius 2 is 2.28 bits per heavy atom. The topological polar surface area (TPSA) is 62.3 Å². The van der Waals surface area contributed by atoms with Gasteiger partial charge >= 0.3 is 0 Å². The molecular formula is C11H11BrClN3O2. The molecule has 2 amide bonds. The quantitative estimate of drug-likeness (QED) is 0.842. The van der Waals surface area contributed by atoms with Gasteiger partial charge in [-0.15, -0.1) is 0 Å². The highest BCUT2D eigenvalue weighted by molar-refractivity contribution is 9.10. The lowest BCUT2D eigenvalue weighted by Crippen LogP contribution is -2.48. The van der Waals surface area contributed by atoms with Crippen molar-refractivity contribution in [1.29, 1.82) is 0 Å². The first-order valence-electron chi connectivity index (χ1n) is 5.37. The molecule has 1 saturated heterocycles. The van der Waals surface area contributed by atoms with E-state index in [1.807, 2.05) is 0 Å². The zero-order chi connectivity index (χ0) is 13.3. The molecule has 2 heterocycles. The van der Waals surface area contributed by atoms with Gasteiger partial charge in [0.25, 0.3) is 5.91 Å². The molecule has 0 aromatic carbocycles. The number of nitrogens with one attached hydrogen (secondary N) is 1. The number of halogens is 2. The lowest BCUT2D eigenvalue weighted by Gasteiger charge is -2.28. The van der Waals surface area contributed by atoms with E-state index in [1.54, 1.807) is 12.3 Å². The zero-order valence-corrected chi connectivity index (χ0v) is 12.0. The largest absolute Gasteiger partial charge is 0.357 e. The molecule has 0 spiro atoms. The summed E-state index contributed by atoms with van der Waals surface area (Å²) in [6.45, 7) is 0. The fourth-order valence-electron chi connectivity index (χ4n) is 1.74. The van der Waals surface area contributed by atoms with Gasteiger partial charge in [0.15, 0.2) is 0 Å². The highest BCUT2D eigenvalue weighted by Gasteiger charge is 2.32. The summed E-state index contributed by atoms with van der Waals surface area (Å²) in [6, 6.07) is 1.23. The van der Waals surface area contributed by atoms with Gasteiger partial charge < -0.3 is 5.32 Å². The number of carbonyl (C=O) groups is 2. The predicted octanol–water partition coefficient (Wildman–Crippen LogP) is 2.06. The number of aromatic nitrogens is 1. The molecule has 96 valence electrons. The van der Waals surface area contributed by atoms with Gasteiger partial charge in [0.1, 0.15) is 11.9 Å². The number of nitrogens with zero attached hydrogens (tertiary/aromatic N) is 2. The molecule has 0 radical (unpaired) electrons. The Balaban J connectivity index is 2.14. The van der Waals surface area contributed by atoms with Gasteiger partial charge in [-0.2, -0.15) is 0 Å². The Kier molecular flexibility index (Phi) is 3.87. The third-order valence-electron chi connectivity index (χ3n) is 2.77. The van der Waals surface area contributed by atoms with Crippen LogP contribution in [-0.4, -0.2) is 34.8 Å². The molecule has 1 aliphatic heterocycles. The van der Waals surface area contributed by atoms with Crippen LogP contribution in [0.5, 0.6) is 0 Å². The van der Waals surface area contributed by atoms with E-state index >= 15 is 0 Å². The summed E-state index contributed by atoms with van der Waals surface area (Å²) in [5, 5.41) is 3.40. The van der Waals surface area contributed by atoms with Crippen LogP contribution in [0.4, 0.5) is 5.82 Å². The summed E-state index contributed by atoms with van der Waals surface area (Å²) in [7, 11) is 1.48. The van der Waals surface area contributed by atoms with Crippen molar-refractivity contribution in [3.8, 4) is 0 Å². The molecule has 1 fully saturated rings. The molecular weight excluding hydrogens is 321 g/mol. The van der Waals surface area contributed by atoms with Crippen molar-refractivity contribution >= 4 is 45.2 Å². The summed E-state index contributed by atoms with van der Waals surface area (Å²) in [5.41, 5.74) is 0. The number of rotatable bonds is 2. The van der Waals surface area contributed by atoms with Crippen molar-refractivity contribution < 1.29 is 9.59 Å². The Morgan fingerprint density at radius 3 is 2.94 bits per heavy atom. The number of pyridine rings is 1. The summed E-state index contributed by atoms with van der Waals surface area (Å²) in [6.07, 6.45) is 2.39. The maximum Gasteiger partial charge on any atom is 0.251 e. The smallest absolute Gasteiger partial charge is 0.251 e. The first-order valence-corrected chi connectivity index (χ1v) is 6.54. The van der Waals surface area contributed by atoms with E-state index in [1.165, 1.54) is 7.05 Å². The minimum absolute atomic E-state index is 0.159. The van der Waals surface area contributed by atoms with Crippen molar-refractivity contribution in [3.05, 3.63) is 21.8 Å². The van der Waals surface area contributed by atoms with Crippen molar-refractivity contribution in [2.45, 2.75) is 18.9 Å². The number of piperidine rings is 1. The number of likely N-dealkylation sites (N-methyl/N-ethyl adjacent to an activating group) is 1. The number of hydrogen-bond acceptors (Lipinski definition) is 4. The monoisotopic (exact) mass is 331 g/mol. The second-order valence-corrected chi connectivity index (χ2v) is 5.33. The van der Waals surface area contributed by atoms with E-state index in [4.69, 9.17) is 11.6 Å². The third kappa shape index (κ3) is 2.64. The minimum Gasteiger partial charge on any atom is -0.357 e. The molecule has 1 aromatic rings. The van der Waals surface area contributed by atoms with Crippen LogP contribution in [0.25, 0.3) is 0 Å². The fourth-order valence-corrected chi connectivity index (χ4v) is 2.42. The molecule has 0 aliphatic carbocycles. The highest BCUT2D eigenvalue weighted by atomic mass is 79.9. The third-order valence-corrected chi connectivity index (χ3v) is 3.49. The predicted molar refractivity (Wildman–Crippen MR) is 71.4 cm³/mol. The van der Waals surface area contributed by atoms with E-state index in [9.17, 15) is 9.59 Å². The molecule has 2 rings (SSSR count). The number of likely N-dealkylation sites (tertiary alicyclic amines) is 1. The SMILES string of the molecule is CN1C(=O)CCC(Nc2ncc(Br)cc2Cl)C1=O. The first kappa shape index (κ1) is 13.3. The average Bonchev–Trinajstić information content (AvgIpc) is 2.33. The van der Waals surface area contributed by atoms with Crippen LogP contribution in [0.3, 0.4) is 0 Å². The Hall–Kier alpha value is -1.14. The normalized spacial score (nSPS) is 20.2. The molecule has 0 saturated carbocycles. The van der Waals surface area contributed by atoms with Crippen LogP contribution in [0.1, 0.15) is 12.8 Å². The number of hydrogen-bond donors (Lipinski definition) is 1. The Labute approximate surface area is 118 Å². The highest BCUT2D eigenvalue weighted by Crippen LogP contribution is 2.25. The molecule has 7 heteroatoms. The summed E-state index contributed by atoms with van der Waals surface area (Å²) in [5.74, 6) is 0.0286. The molecule has 1 aromatic heterocycles. The fraction of sp³-hybridized carbons (Fsp3) is 0.364. The van der Waals surface area contributed by atoms with Gasteiger partial charge in [-0.3, -0.25) is 14.5 Å². The molecule has 0 bridgehead atoms. The second-order valence-electron chi connectivity index (χ2n) is 4.01. The molecule has 1 unspecified atom stereocenters. The van der Waals surface area contributed by atoms with E-state index in [0.29, 0.717) is 23.7 Å². The van der Waals surface area contributed by atoms with Crippen molar-refractivity contribution in [3.63, 3.8) is 0 Å². The number of carbonyl (C=O) groups excluding carboxylic acids is 2. The molecule has 1 N–H and O–H groups in total. The zero-order valence-electron chi connectivity index (χ0n) is 9.61. The van der Waals surface area contributed by atoms with Gasteiger partial charge in [0, 0.05) is 24.1 Å². The first-order chi connectivity index (χ1) is 8.49. The Bertz CT molecular complexity index is 509. The van der Waals surface area contributed by atoms with Crippen LogP contribution in [0.2, 0.25) is 5.02 Å². The second kappa shape index (κ2) is 5.24. The van der Waals surface area contributed by atoms with Crippen LogP contribution >= 0.6 is 27.5 Å². The minimum atomic E-state index is -0.459. The van der Waals surface area contributed by atoms with Crippen molar-refractivity contribution in [2.24, 2.45) is 0 Å². The number of anilines is 1. The van der Waals surface area contributed by atoms with Gasteiger partial charge in [0.05, 0.1) is 5.02 Å². The van der Waals surface area contributed by atoms with E-state index in [2.05, 4.69) is 26.2 Å². The van der Waals surface area contributed by atoms with Gasteiger partial charge in [-0.05, 0) is 28.4 Å². The van der Waals surface area contributed by atoms with Crippen LogP contribution in [-0.2, 0) is 9.59 Å². The van der Waals surface area contributed by atoms with E-state index in [-0.39, 0.29) is 11.8 Å². The average molecular weight is 333 g/mol. The van der Waals surface area contributed by atoms with Crippen molar-refractivity contribution in [2.75, 3.05) is 12.4 Å². The lowest BCUT2D eigenvalue weighted by molar-refractivity contribution is -0.146. The molecule has 1 aliphatic rings. The standard InChI is InChI=1S/C11H11BrClN3O2/c1-16-9(17)3-2-8(11(16)18)15-10-7(13)4-6(12)5-14-10/h4-5,8H,2-3H2,1H3,(H,14,15). The summed E-state index contributed by atoms with van der Waals surface area (Å²) in [4.78, 5) is 28.5. The summed E-state index contributed by atoms with van der Waals surface area (Å²) >= 11 is 9.27. The maximum atomic E-state index is 11.9. The van der Waals surface area contributed by atoms with Gasteiger partial charge in [-0.1, -0.05) is 11.6 Å². The maximum absolute atomic E-state index is 11.9. The number of imide groups is 1. The van der Waals surface area contributed by atoms with Crippen molar-refractivity contribution in [1.82, 2.24) is 9.88 Å².